The number of nitrogens with zero attached hydrogens (tertiary/aromatic N) is 2. The number of hydrogen-bond acceptors (Lipinski definition) is 3. The van der Waals surface area contributed by atoms with Gasteiger partial charge in [0.05, 0.1) is 0 Å². The second-order valence-corrected chi connectivity index (χ2v) is 8.86. The van der Waals surface area contributed by atoms with Crippen LogP contribution in [0.5, 0.6) is 0 Å². The van der Waals surface area contributed by atoms with Crippen molar-refractivity contribution in [3.8, 4) is 0 Å². The van der Waals surface area contributed by atoms with Gasteiger partial charge in [0, 0.05) is 17.8 Å². The summed E-state index contributed by atoms with van der Waals surface area (Å²) in [6, 6.07) is 0. The summed E-state index contributed by atoms with van der Waals surface area (Å²) < 4.78 is 0. The molecule has 114 valence electrons. The van der Waals surface area contributed by atoms with Crippen molar-refractivity contribution in [2.75, 3.05) is 6.54 Å². The van der Waals surface area contributed by atoms with Crippen molar-refractivity contribution in [2.45, 2.75) is 64.2 Å². The maximum Gasteiger partial charge on any atom is 0.134 e. The number of rotatable bonds is 3. The Morgan fingerprint density at radius 2 is 1.67 bits per heavy atom. The molecule has 5 rings (SSSR count). The van der Waals surface area contributed by atoms with Crippen molar-refractivity contribution in [1.82, 2.24) is 9.97 Å². The summed E-state index contributed by atoms with van der Waals surface area (Å²) in [6.45, 7) is 5.69. The minimum atomic E-state index is 0.254. The zero-order valence-electron chi connectivity index (χ0n) is 13.4. The lowest BCUT2D eigenvalue weighted by molar-refractivity contribution is -0.112. The molecule has 0 amide bonds. The molecule has 1 aromatic heterocycles. The van der Waals surface area contributed by atoms with Crippen LogP contribution in [-0.2, 0) is 11.8 Å². The molecule has 0 radical (unpaired) electrons. The highest BCUT2D eigenvalue weighted by molar-refractivity contribution is 5.22. The molecule has 2 N–H and O–H groups in total. The molecule has 0 aliphatic heterocycles. The lowest BCUT2D eigenvalue weighted by atomic mass is 9.40. The summed E-state index contributed by atoms with van der Waals surface area (Å²) in [4.78, 5) is 9.57. The van der Waals surface area contributed by atoms with Crippen LogP contribution in [0.4, 0.5) is 0 Å². The van der Waals surface area contributed by atoms with Crippen LogP contribution in [0, 0.1) is 16.7 Å². The van der Waals surface area contributed by atoms with Crippen LogP contribution in [-0.4, -0.2) is 16.5 Å². The fraction of sp³-hybridized carbons (Fsp3) is 0.778. The lowest BCUT2D eigenvalue weighted by Gasteiger charge is -2.64. The smallest absolute Gasteiger partial charge is 0.134 e. The quantitative estimate of drug-likeness (QED) is 0.927. The monoisotopic (exact) mass is 285 g/mol. The first kappa shape index (κ1) is 13.7. The van der Waals surface area contributed by atoms with E-state index in [1.807, 2.05) is 12.4 Å². The van der Waals surface area contributed by atoms with Crippen LogP contribution in [0.2, 0.25) is 0 Å². The van der Waals surface area contributed by atoms with E-state index < -0.39 is 0 Å². The van der Waals surface area contributed by atoms with Gasteiger partial charge in [0.1, 0.15) is 5.82 Å². The van der Waals surface area contributed by atoms with Crippen molar-refractivity contribution in [2.24, 2.45) is 22.5 Å². The molecule has 0 spiro atoms. The van der Waals surface area contributed by atoms with E-state index in [2.05, 4.69) is 13.8 Å². The first-order chi connectivity index (χ1) is 9.94. The summed E-state index contributed by atoms with van der Waals surface area (Å²) in [5.74, 6) is 2.01. The van der Waals surface area contributed by atoms with E-state index in [0.717, 1.165) is 18.2 Å². The average molecular weight is 285 g/mol. The Balaban J connectivity index is 1.70. The van der Waals surface area contributed by atoms with E-state index >= 15 is 0 Å². The minimum Gasteiger partial charge on any atom is -0.330 e. The topological polar surface area (TPSA) is 51.8 Å². The fourth-order valence-corrected chi connectivity index (χ4v) is 6.62. The summed E-state index contributed by atoms with van der Waals surface area (Å²) in [7, 11) is 0. The average Bonchev–Trinajstić information content (AvgIpc) is 2.35. The summed E-state index contributed by atoms with van der Waals surface area (Å²) in [5, 5.41) is 0. The van der Waals surface area contributed by atoms with Gasteiger partial charge in [-0.05, 0) is 73.8 Å². The van der Waals surface area contributed by atoms with Crippen LogP contribution < -0.4 is 5.73 Å². The van der Waals surface area contributed by atoms with E-state index in [1.165, 1.54) is 44.1 Å². The highest BCUT2D eigenvalue weighted by atomic mass is 14.9. The van der Waals surface area contributed by atoms with Gasteiger partial charge in [0.2, 0.25) is 0 Å². The third kappa shape index (κ3) is 2.12. The molecule has 4 bridgehead atoms. The highest BCUT2D eigenvalue weighted by Gasteiger charge is 2.61. The second kappa shape index (κ2) is 4.28. The summed E-state index contributed by atoms with van der Waals surface area (Å²) >= 11 is 0. The maximum absolute atomic E-state index is 5.62. The van der Waals surface area contributed by atoms with Gasteiger partial charge in [-0.2, -0.15) is 0 Å². The van der Waals surface area contributed by atoms with Gasteiger partial charge in [-0.3, -0.25) is 0 Å². The molecule has 3 nitrogen and oxygen atoms in total. The molecule has 0 aromatic carbocycles. The lowest BCUT2D eigenvalue weighted by Crippen LogP contribution is -2.57. The molecule has 4 fully saturated rings. The Morgan fingerprint density at radius 1 is 1.05 bits per heavy atom. The standard InChI is InChI=1S/C18H27N3/c1-16-5-14-6-17(2,10-16)12-18(7-14,11-16)15-20-8-13(3-4-19)9-21-15/h8-9,14H,3-7,10-12,19H2,1-2H3. The molecular weight excluding hydrogens is 258 g/mol. The van der Waals surface area contributed by atoms with Crippen molar-refractivity contribution >= 4 is 0 Å². The molecule has 4 aliphatic carbocycles. The third-order valence-electron chi connectivity index (χ3n) is 6.24. The van der Waals surface area contributed by atoms with Crippen LogP contribution in [0.3, 0.4) is 0 Å². The Morgan fingerprint density at radius 3 is 2.19 bits per heavy atom. The largest absolute Gasteiger partial charge is 0.330 e. The first-order valence-corrected chi connectivity index (χ1v) is 8.46. The van der Waals surface area contributed by atoms with Gasteiger partial charge in [-0.25, -0.2) is 9.97 Å². The van der Waals surface area contributed by atoms with Crippen molar-refractivity contribution in [3.05, 3.63) is 23.8 Å². The maximum atomic E-state index is 5.62. The van der Waals surface area contributed by atoms with Gasteiger partial charge in [-0.15, -0.1) is 0 Å². The Kier molecular flexibility index (Phi) is 2.79. The first-order valence-electron chi connectivity index (χ1n) is 8.46. The molecule has 3 heteroatoms. The van der Waals surface area contributed by atoms with E-state index in [4.69, 9.17) is 15.7 Å². The van der Waals surface area contributed by atoms with Crippen molar-refractivity contribution in [1.29, 1.82) is 0 Å². The fourth-order valence-electron chi connectivity index (χ4n) is 6.62. The third-order valence-corrected chi connectivity index (χ3v) is 6.24. The van der Waals surface area contributed by atoms with Crippen LogP contribution in [0.1, 0.15) is 63.8 Å². The SMILES string of the molecule is CC12CC3CC(C)(C1)CC(c1ncc(CCN)cn1)(C3)C2. The highest BCUT2D eigenvalue weighted by Crippen LogP contribution is 2.69. The minimum absolute atomic E-state index is 0.254. The second-order valence-electron chi connectivity index (χ2n) is 8.86. The van der Waals surface area contributed by atoms with Gasteiger partial charge in [-0.1, -0.05) is 13.8 Å². The molecule has 21 heavy (non-hydrogen) atoms. The van der Waals surface area contributed by atoms with E-state index in [1.54, 1.807) is 0 Å². The van der Waals surface area contributed by atoms with Gasteiger partial charge in [0.25, 0.3) is 0 Å². The molecule has 1 aromatic rings. The Bertz CT molecular complexity index is 532. The summed E-state index contributed by atoms with van der Waals surface area (Å²) in [6.07, 6.45) is 13.1. The van der Waals surface area contributed by atoms with Gasteiger partial charge >= 0.3 is 0 Å². The number of aromatic nitrogens is 2. The molecule has 4 saturated carbocycles. The molecule has 2 unspecified atom stereocenters. The van der Waals surface area contributed by atoms with E-state index in [-0.39, 0.29) is 5.41 Å². The van der Waals surface area contributed by atoms with Crippen LogP contribution in [0.25, 0.3) is 0 Å². The molecule has 4 aliphatic rings. The number of nitrogens with two attached hydrogens (primary N) is 1. The number of hydrogen-bond donors (Lipinski definition) is 1. The predicted octanol–water partition coefficient (Wildman–Crippen LogP) is 3.23. The zero-order valence-corrected chi connectivity index (χ0v) is 13.4. The van der Waals surface area contributed by atoms with Gasteiger partial charge < -0.3 is 5.73 Å². The van der Waals surface area contributed by atoms with Crippen LogP contribution in [0.15, 0.2) is 12.4 Å². The Hall–Kier alpha value is -0.960. The molecule has 1 heterocycles. The summed E-state index contributed by atoms with van der Waals surface area (Å²) in [5.41, 5.74) is 8.09. The van der Waals surface area contributed by atoms with Crippen LogP contribution >= 0.6 is 0 Å². The molecular formula is C18H27N3. The van der Waals surface area contributed by atoms with Crippen molar-refractivity contribution in [3.63, 3.8) is 0 Å². The predicted molar refractivity (Wildman–Crippen MR) is 83.9 cm³/mol. The Labute approximate surface area is 127 Å². The van der Waals surface area contributed by atoms with Crippen molar-refractivity contribution < 1.29 is 0 Å². The zero-order chi connectivity index (χ0) is 14.7. The van der Waals surface area contributed by atoms with E-state index in [9.17, 15) is 0 Å². The molecule has 2 atom stereocenters. The normalized spacial score (nSPS) is 44.2. The van der Waals surface area contributed by atoms with Gasteiger partial charge in [0.15, 0.2) is 0 Å². The van der Waals surface area contributed by atoms with E-state index in [0.29, 0.717) is 17.4 Å². The molecule has 0 saturated heterocycles.